The lowest BCUT2D eigenvalue weighted by atomic mass is 10.2. The molecule has 1 aromatic carbocycles. The standard InChI is InChI=1S/C15H22N2O3S/c1-10-14(5-7-20-10)21-8-6-15(18)17-12-9-11(16)3-4-13(12)19-2/h3-4,9-10,14H,5-8,16H2,1-2H3,(H,17,18). The van der Waals surface area contributed by atoms with Gasteiger partial charge in [0.05, 0.1) is 18.9 Å². The van der Waals surface area contributed by atoms with Gasteiger partial charge < -0.3 is 20.5 Å². The van der Waals surface area contributed by atoms with Gasteiger partial charge in [-0.05, 0) is 31.5 Å². The molecule has 0 aliphatic carbocycles. The van der Waals surface area contributed by atoms with Gasteiger partial charge in [-0.25, -0.2) is 0 Å². The number of hydrogen-bond acceptors (Lipinski definition) is 5. The minimum absolute atomic E-state index is 0.0297. The highest BCUT2D eigenvalue weighted by Crippen LogP contribution is 2.28. The summed E-state index contributed by atoms with van der Waals surface area (Å²) >= 11 is 1.80. The molecule has 0 aromatic heterocycles. The van der Waals surface area contributed by atoms with E-state index < -0.39 is 0 Å². The zero-order valence-electron chi connectivity index (χ0n) is 12.4. The summed E-state index contributed by atoms with van der Waals surface area (Å²) in [6.45, 7) is 2.91. The quantitative estimate of drug-likeness (QED) is 0.790. The van der Waals surface area contributed by atoms with E-state index in [1.54, 1.807) is 37.1 Å². The fraction of sp³-hybridized carbons (Fsp3) is 0.533. The van der Waals surface area contributed by atoms with E-state index in [0.717, 1.165) is 18.8 Å². The van der Waals surface area contributed by atoms with Crippen LogP contribution in [0.2, 0.25) is 0 Å². The first-order chi connectivity index (χ1) is 10.1. The van der Waals surface area contributed by atoms with Crippen LogP contribution >= 0.6 is 11.8 Å². The number of methoxy groups -OCH3 is 1. The van der Waals surface area contributed by atoms with Crippen LogP contribution in [0.1, 0.15) is 19.8 Å². The number of benzene rings is 1. The molecule has 0 spiro atoms. The maximum absolute atomic E-state index is 12.0. The molecular weight excluding hydrogens is 288 g/mol. The van der Waals surface area contributed by atoms with Crippen LogP contribution in [0, 0.1) is 0 Å². The fourth-order valence-corrected chi connectivity index (χ4v) is 3.49. The van der Waals surface area contributed by atoms with Gasteiger partial charge in [-0.2, -0.15) is 11.8 Å². The molecule has 1 aliphatic rings. The molecular formula is C15H22N2O3S. The molecule has 1 saturated heterocycles. The van der Waals surface area contributed by atoms with E-state index >= 15 is 0 Å². The van der Waals surface area contributed by atoms with Crippen molar-refractivity contribution in [3.63, 3.8) is 0 Å². The van der Waals surface area contributed by atoms with Crippen LogP contribution in [0.3, 0.4) is 0 Å². The van der Waals surface area contributed by atoms with Crippen LogP contribution in [0.25, 0.3) is 0 Å². The molecule has 2 atom stereocenters. The molecule has 1 aromatic rings. The number of rotatable bonds is 6. The summed E-state index contributed by atoms with van der Waals surface area (Å²) in [5.41, 5.74) is 6.94. The summed E-state index contributed by atoms with van der Waals surface area (Å²) in [7, 11) is 1.57. The second-order valence-corrected chi connectivity index (χ2v) is 6.38. The Hall–Kier alpha value is -1.40. The molecule has 5 nitrogen and oxygen atoms in total. The van der Waals surface area contributed by atoms with Gasteiger partial charge in [0.2, 0.25) is 5.91 Å². The van der Waals surface area contributed by atoms with E-state index in [1.165, 1.54) is 0 Å². The average Bonchev–Trinajstić information content (AvgIpc) is 2.85. The molecule has 1 heterocycles. The Kier molecular flexibility index (Phi) is 5.76. The van der Waals surface area contributed by atoms with Gasteiger partial charge in [0.25, 0.3) is 0 Å². The molecule has 1 fully saturated rings. The average molecular weight is 310 g/mol. The van der Waals surface area contributed by atoms with Gasteiger partial charge >= 0.3 is 0 Å². The highest BCUT2D eigenvalue weighted by molar-refractivity contribution is 7.99. The van der Waals surface area contributed by atoms with Gasteiger partial charge in [0.1, 0.15) is 5.75 Å². The van der Waals surface area contributed by atoms with Crippen molar-refractivity contribution in [1.29, 1.82) is 0 Å². The maximum Gasteiger partial charge on any atom is 0.225 e. The second kappa shape index (κ2) is 7.56. The van der Waals surface area contributed by atoms with Crippen LogP contribution in [-0.4, -0.2) is 36.7 Å². The van der Waals surface area contributed by atoms with Gasteiger partial charge in [-0.1, -0.05) is 0 Å². The van der Waals surface area contributed by atoms with Crippen molar-refractivity contribution >= 4 is 29.0 Å². The number of hydrogen-bond donors (Lipinski definition) is 2. The minimum Gasteiger partial charge on any atom is -0.495 e. The van der Waals surface area contributed by atoms with E-state index in [9.17, 15) is 4.79 Å². The molecule has 116 valence electrons. The topological polar surface area (TPSA) is 73.6 Å². The predicted molar refractivity (Wildman–Crippen MR) is 86.9 cm³/mol. The summed E-state index contributed by atoms with van der Waals surface area (Å²) in [5, 5.41) is 3.35. The SMILES string of the molecule is COc1ccc(N)cc1NC(=O)CCSC1CCOC1C. The van der Waals surface area contributed by atoms with E-state index in [0.29, 0.717) is 28.8 Å². The summed E-state index contributed by atoms with van der Waals surface area (Å²) in [4.78, 5) is 12.0. The van der Waals surface area contributed by atoms with Crippen LogP contribution < -0.4 is 15.8 Å². The van der Waals surface area contributed by atoms with E-state index in [2.05, 4.69) is 12.2 Å². The second-order valence-electron chi connectivity index (χ2n) is 5.03. The predicted octanol–water partition coefficient (Wildman–Crippen LogP) is 2.52. The summed E-state index contributed by atoms with van der Waals surface area (Å²) in [5.74, 6) is 1.37. The third-order valence-corrected chi connectivity index (χ3v) is 4.95. The van der Waals surface area contributed by atoms with Crippen LogP contribution in [0.15, 0.2) is 18.2 Å². The normalized spacial score (nSPS) is 21.2. The number of nitrogens with one attached hydrogen (secondary N) is 1. The number of amides is 1. The third kappa shape index (κ3) is 4.54. The highest BCUT2D eigenvalue weighted by Gasteiger charge is 2.24. The molecule has 2 rings (SSSR count). The first kappa shape index (κ1) is 16.0. The Balaban J connectivity index is 1.80. The van der Waals surface area contributed by atoms with Gasteiger partial charge in [-0.15, -0.1) is 0 Å². The number of ether oxygens (including phenoxy) is 2. The molecule has 1 amide bonds. The summed E-state index contributed by atoms with van der Waals surface area (Å²) in [6.07, 6.45) is 1.81. The van der Waals surface area contributed by atoms with Gasteiger partial charge in [0.15, 0.2) is 0 Å². The molecule has 2 unspecified atom stereocenters. The zero-order valence-corrected chi connectivity index (χ0v) is 13.2. The van der Waals surface area contributed by atoms with Crippen molar-refractivity contribution in [3.8, 4) is 5.75 Å². The monoisotopic (exact) mass is 310 g/mol. The molecule has 1 aliphatic heterocycles. The van der Waals surface area contributed by atoms with E-state index in [-0.39, 0.29) is 12.0 Å². The number of anilines is 2. The summed E-state index contributed by atoms with van der Waals surface area (Å²) < 4.78 is 10.7. The first-order valence-electron chi connectivity index (χ1n) is 7.06. The molecule has 0 radical (unpaired) electrons. The number of nitrogens with two attached hydrogens (primary N) is 1. The lowest BCUT2D eigenvalue weighted by Gasteiger charge is -2.14. The van der Waals surface area contributed by atoms with Crippen molar-refractivity contribution < 1.29 is 14.3 Å². The molecule has 21 heavy (non-hydrogen) atoms. The van der Waals surface area contributed by atoms with Crippen molar-refractivity contribution in [2.24, 2.45) is 0 Å². The van der Waals surface area contributed by atoms with Crippen molar-refractivity contribution in [1.82, 2.24) is 0 Å². The van der Waals surface area contributed by atoms with Crippen LogP contribution in [0.5, 0.6) is 5.75 Å². The first-order valence-corrected chi connectivity index (χ1v) is 8.11. The Labute approximate surface area is 129 Å². The van der Waals surface area contributed by atoms with E-state index in [4.69, 9.17) is 15.2 Å². The Morgan fingerprint density at radius 1 is 1.57 bits per heavy atom. The van der Waals surface area contributed by atoms with Crippen LogP contribution in [-0.2, 0) is 9.53 Å². The maximum atomic E-state index is 12.0. The Bertz CT molecular complexity index is 496. The molecule has 6 heteroatoms. The third-order valence-electron chi connectivity index (χ3n) is 3.47. The summed E-state index contributed by atoms with van der Waals surface area (Å²) in [6, 6.07) is 5.19. The molecule has 0 bridgehead atoms. The van der Waals surface area contributed by atoms with E-state index in [1.807, 2.05) is 0 Å². The van der Waals surface area contributed by atoms with Crippen molar-refractivity contribution in [3.05, 3.63) is 18.2 Å². The number of carbonyl (C=O) groups is 1. The Morgan fingerprint density at radius 2 is 2.38 bits per heavy atom. The Morgan fingerprint density at radius 3 is 3.05 bits per heavy atom. The lowest BCUT2D eigenvalue weighted by molar-refractivity contribution is -0.115. The number of thioether (sulfide) groups is 1. The largest absolute Gasteiger partial charge is 0.495 e. The number of nitrogen functional groups attached to an aromatic ring is 1. The highest BCUT2D eigenvalue weighted by atomic mass is 32.2. The minimum atomic E-state index is -0.0297. The fourth-order valence-electron chi connectivity index (χ4n) is 2.27. The molecule has 0 saturated carbocycles. The lowest BCUT2D eigenvalue weighted by Crippen LogP contribution is -2.17. The smallest absolute Gasteiger partial charge is 0.225 e. The van der Waals surface area contributed by atoms with Crippen molar-refractivity contribution in [2.45, 2.75) is 31.1 Å². The number of carbonyl (C=O) groups excluding carboxylic acids is 1. The van der Waals surface area contributed by atoms with Gasteiger partial charge in [0, 0.05) is 29.7 Å². The van der Waals surface area contributed by atoms with Crippen molar-refractivity contribution in [2.75, 3.05) is 30.5 Å². The van der Waals surface area contributed by atoms with Gasteiger partial charge in [-0.3, -0.25) is 4.79 Å². The van der Waals surface area contributed by atoms with Crippen LogP contribution in [0.4, 0.5) is 11.4 Å². The molecule has 3 N–H and O–H groups in total. The zero-order chi connectivity index (χ0) is 15.2.